The van der Waals surface area contributed by atoms with Crippen molar-refractivity contribution in [3.63, 3.8) is 0 Å². The van der Waals surface area contributed by atoms with Crippen molar-refractivity contribution in [2.24, 2.45) is 22.2 Å². The highest BCUT2D eigenvalue weighted by molar-refractivity contribution is 6.03. The van der Waals surface area contributed by atoms with Crippen LogP contribution in [0.5, 0.6) is 0 Å². The quantitative estimate of drug-likeness (QED) is 0.473. The Morgan fingerprint density at radius 3 is 2.54 bits per heavy atom. The minimum atomic E-state index is -1.27. The molecule has 1 aromatic heterocycles. The molecule has 35 heavy (non-hydrogen) atoms. The molecule has 9 nitrogen and oxygen atoms in total. The Kier molecular flexibility index (Phi) is 3.71. The van der Waals surface area contributed by atoms with Gasteiger partial charge in [0.1, 0.15) is 18.3 Å². The molecule has 0 radical (unpaired) electrons. The summed E-state index contributed by atoms with van der Waals surface area (Å²) in [6.07, 6.45) is 2.15. The Hall–Kier alpha value is -2.65. The number of allylic oxidation sites excluding steroid dienone is 1. The van der Waals surface area contributed by atoms with Gasteiger partial charge in [-0.15, -0.1) is 0 Å². The molecule has 1 N–H and O–H groups in total. The Balaban J connectivity index is 1.47. The van der Waals surface area contributed by atoms with Gasteiger partial charge in [-0.1, -0.05) is 6.92 Å². The molecule has 1 saturated carbocycles. The summed E-state index contributed by atoms with van der Waals surface area (Å²) in [6, 6.07) is 1.76. The second-order valence-electron chi connectivity index (χ2n) is 11.9. The van der Waals surface area contributed by atoms with Crippen molar-refractivity contribution in [2.75, 3.05) is 6.61 Å². The maximum atomic E-state index is 14.3. The van der Waals surface area contributed by atoms with Crippen LogP contribution in [0.25, 0.3) is 0 Å². The number of carbonyl (C=O) groups is 3. The number of aliphatic hydroxyl groups is 1. The number of rotatable bonds is 1. The van der Waals surface area contributed by atoms with Gasteiger partial charge in [0, 0.05) is 16.6 Å². The molecule has 2 spiro atoms. The first-order valence-corrected chi connectivity index (χ1v) is 12.2. The molecule has 0 amide bonds. The number of Topliss-reactive ketones (excluding diaryl/α,β-unsaturated/α-hetero) is 1. The molecule has 8 atom stereocenters. The number of epoxide rings is 1. The maximum absolute atomic E-state index is 14.3. The third kappa shape index (κ3) is 2.07. The minimum absolute atomic E-state index is 0.0138. The molecule has 0 aromatic carbocycles. The molecule has 4 aliphatic heterocycles. The van der Waals surface area contributed by atoms with Crippen LogP contribution in [0.1, 0.15) is 58.6 Å². The number of esters is 2. The van der Waals surface area contributed by atoms with Crippen LogP contribution in [0.4, 0.5) is 0 Å². The van der Waals surface area contributed by atoms with E-state index in [9.17, 15) is 19.5 Å². The minimum Gasteiger partial charge on any atom is -0.504 e. The van der Waals surface area contributed by atoms with Gasteiger partial charge in [0.05, 0.1) is 41.5 Å². The van der Waals surface area contributed by atoms with E-state index in [4.69, 9.17) is 23.4 Å². The lowest BCUT2D eigenvalue weighted by molar-refractivity contribution is -0.212. The molecule has 5 fully saturated rings. The van der Waals surface area contributed by atoms with Gasteiger partial charge in [-0.05, 0) is 45.6 Å². The molecule has 9 heteroatoms. The second-order valence-corrected chi connectivity index (χ2v) is 11.9. The van der Waals surface area contributed by atoms with Gasteiger partial charge in [-0.3, -0.25) is 9.59 Å². The summed E-state index contributed by atoms with van der Waals surface area (Å²) in [5, 5.41) is 11.5. The summed E-state index contributed by atoms with van der Waals surface area (Å²) < 4.78 is 29.4. The zero-order valence-corrected chi connectivity index (χ0v) is 20.1. The van der Waals surface area contributed by atoms with Crippen molar-refractivity contribution in [3.05, 3.63) is 35.5 Å². The van der Waals surface area contributed by atoms with E-state index in [0.717, 1.165) is 0 Å². The van der Waals surface area contributed by atoms with Crippen LogP contribution < -0.4 is 0 Å². The zero-order chi connectivity index (χ0) is 24.8. The number of ether oxygens (including phenoxy) is 4. The summed E-state index contributed by atoms with van der Waals surface area (Å²) >= 11 is 0. The van der Waals surface area contributed by atoms with E-state index in [-0.39, 0.29) is 30.7 Å². The van der Waals surface area contributed by atoms with Gasteiger partial charge in [0.2, 0.25) is 5.78 Å². The lowest BCUT2D eigenvalue weighted by atomic mass is 9.39. The smallest absolute Gasteiger partial charge is 0.339 e. The zero-order valence-electron chi connectivity index (χ0n) is 20.1. The molecule has 1 aromatic rings. The molecule has 5 heterocycles. The lowest BCUT2D eigenvalue weighted by Gasteiger charge is -2.63. The fourth-order valence-electron chi connectivity index (χ4n) is 8.96. The SMILES string of the molecule is CC1(C)O[C@H]2CC(=O)OC[C@@]23C1=C(O)C(=O)[C@]1(C)[C@@H]3CC[C@@]2(C)[C@H](c3ccoc3)OC(=O)[C@H]3O[C@]321. The van der Waals surface area contributed by atoms with Crippen molar-refractivity contribution in [3.8, 4) is 0 Å². The van der Waals surface area contributed by atoms with Crippen molar-refractivity contribution >= 4 is 17.7 Å². The van der Waals surface area contributed by atoms with Crippen molar-refractivity contribution in [2.45, 2.75) is 76.5 Å². The van der Waals surface area contributed by atoms with E-state index in [1.165, 1.54) is 6.26 Å². The predicted molar refractivity (Wildman–Crippen MR) is 116 cm³/mol. The van der Waals surface area contributed by atoms with Crippen LogP contribution in [-0.4, -0.2) is 52.8 Å². The average molecular weight is 485 g/mol. The first-order chi connectivity index (χ1) is 16.4. The Morgan fingerprint density at radius 2 is 1.83 bits per heavy atom. The van der Waals surface area contributed by atoms with Crippen LogP contribution in [0.2, 0.25) is 0 Å². The summed E-state index contributed by atoms with van der Waals surface area (Å²) in [5.74, 6) is -2.07. The number of hydrogen-bond acceptors (Lipinski definition) is 9. The van der Waals surface area contributed by atoms with Crippen LogP contribution in [0.3, 0.4) is 0 Å². The highest BCUT2D eigenvalue weighted by Gasteiger charge is 2.90. The van der Waals surface area contributed by atoms with E-state index < -0.39 is 57.5 Å². The highest BCUT2D eigenvalue weighted by Crippen LogP contribution is 2.79. The van der Waals surface area contributed by atoms with Gasteiger partial charge >= 0.3 is 11.9 Å². The fourth-order valence-corrected chi connectivity index (χ4v) is 8.96. The van der Waals surface area contributed by atoms with Crippen LogP contribution in [-0.2, 0) is 33.3 Å². The van der Waals surface area contributed by atoms with Gasteiger partial charge < -0.3 is 28.5 Å². The molecule has 186 valence electrons. The maximum Gasteiger partial charge on any atom is 0.339 e. The number of furan rings is 1. The lowest BCUT2D eigenvalue weighted by Crippen LogP contribution is -2.71. The monoisotopic (exact) mass is 484 g/mol. The molecule has 6 aliphatic rings. The van der Waals surface area contributed by atoms with Crippen molar-refractivity contribution in [1.29, 1.82) is 0 Å². The Labute approximate surface area is 201 Å². The molecule has 0 bridgehead atoms. The van der Waals surface area contributed by atoms with E-state index in [2.05, 4.69) is 0 Å². The van der Waals surface area contributed by atoms with E-state index in [1.54, 1.807) is 12.3 Å². The van der Waals surface area contributed by atoms with Gasteiger partial charge in [-0.25, -0.2) is 4.79 Å². The fraction of sp³-hybridized carbons (Fsp3) is 0.654. The topological polar surface area (TPSA) is 125 Å². The molecule has 0 unspecified atom stereocenters. The summed E-state index contributed by atoms with van der Waals surface area (Å²) in [6.45, 7) is 7.44. The Morgan fingerprint density at radius 1 is 1.06 bits per heavy atom. The molecular weight excluding hydrogens is 456 g/mol. The first kappa shape index (κ1) is 21.6. The number of carbonyl (C=O) groups excluding carboxylic acids is 3. The number of ketones is 1. The van der Waals surface area contributed by atoms with Crippen LogP contribution in [0.15, 0.2) is 34.3 Å². The highest BCUT2D eigenvalue weighted by atomic mass is 16.7. The van der Waals surface area contributed by atoms with E-state index in [1.807, 2.05) is 27.7 Å². The normalized spacial score (nSPS) is 49.2. The Bertz CT molecular complexity index is 1230. The van der Waals surface area contributed by atoms with Gasteiger partial charge in [0.15, 0.2) is 11.9 Å². The molecule has 4 saturated heterocycles. The number of hydrogen-bond donors (Lipinski definition) is 1. The predicted octanol–water partition coefficient (Wildman–Crippen LogP) is 2.94. The summed E-state index contributed by atoms with van der Waals surface area (Å²) in [5.41, 5.74) is -3.85. The second kappa shape index (κ2) is 6.00. The first-order valence-electron chi connectivity index (χ1n) is 12.2. The van der Waals surface area contributed by atoms with Crippen LogP contribution in [0, 0.1) is 22.2 Å². The van der Waals surface area contributed by atoms with Crippen molar-refractivity contribution in [1.82, 2.24) is 0 Å². The summed E-state index contributed by atoms with van der Waals surface area (Å²) in [4.78, 5) is 39.7. The van der Waals surface area contributed by atoms with Crippen LogP contribution >= 0.6 is 0 Å². The van der Waals surface area contributed by atoms with Gasteiger partial charge in [0.25, 0.3) is 0 Å². The van der Waals surface area contributed by atoms with E-state index >= 15 is 0 Å². The van der Waals surface area contributed by atoms with Crippen molar-refractivity contribution < 1.29 is 42.9 Å². The largest absolute Gasteiger partial charge is 0.504 e. The number of fused-ring (bicyclic) bond motifs is 1. The average Bonchev–Trinajstić information content (AvgIpc) is 3.26. The van der Waals surface area contributed by atoms with Gasteiger partial charge in [-0.2, -0.15) is 0 Å². The molecule has 2 aliphatic carbocycles. The van der Waals surface area contributed by atoms with E-state index in [0.29, 0.717) is 24.0 Å². The number of aliphatic hydroxyl groups excluding tert-OH is 1. The molecular formula is C26H28O9. The third-order valence-electron chi connectivity index (χ3n) is 10.2. The third-order valence-corrected chi connectivity index (χ3v) is 10.2. The molecule has 7 rings (SSSR count). The standard InChI is InChI=1S/C26H28O9/c1-22(2)17-16(28)18(29)24(4)13(25(17)11-32-15(27)9-14(25)34-22)5-7-23(3)19(12-6-8-31-10-12)33-21(30)20-26(23,24)35-20/h6,8,10,13-14,19-20,28H,5,7,9,11H2,1-4H3/t13-,14-,19-,20+,23-,24-,25-,26+/m0/s1. The number of cyclic esters (lactones) is 2. The summed E-state index contributed by atoms with van der Waals surface area (Å²) in [7, 11) is 0.